The van der Waals surface area contributed by atoms with Gasteiger partial charge in [-0.1, -0.05) is 30.3 Å². The highest BCUT2D eigenvalue weighted by Crippen LogP contribution is 2.38. The monoisotopic (exact) mass is 352 g/mol. The summed E-state index contributed by atoms with van der Waals surface area (Å²) in [6.07, 6.45) is 4.25. The molecule has 0 aromatic heterocycles. The molecule has 6 nitrogen and oxygen atoms in total. The Morgan fingerprint density at radius 1 is 1.08 bits per heavy atom. The Balaban J connectivity index is 1.84. The first-order valence-electron chi connectivity index (χ1n) is 9.03. The molecule has 0 amide bonds. The third-order valence-corrected chi connectivity index (χ3v) is 5.27. The summed E-state index contributed by atoms with van der Waals surface area (Å²) in [7, 11) is 0. The zero-order valence-corrected chi connectivity index (χ0v) is 14.5. The average Bonchev–Trinajstić information content (AvgIpc) is 2.79. The number of anilines is 1. The van der Waals surface area contributed by atoms with Crippen molar-refractivity contribution in [3.63, 3.8) is 0 Å². The molecule has 0 saturated carbocycles. The molecule has 6 heteroatoms. The number of benzene rings is 2. The van der Waals surface area contributed by atoms with Crippen molar-refractivity contribution in [1.82, 2.24) is 0 Å². The van der Waals surface area contributed by atoms with Gasteiger partial charge in [0, 0.05) is 24.1 Å². The Bertz CT molecular complexity index is 866. The fourth-order valence-corrected chi connectivity index (χ4v) is 4.05. The van der Waals surface area contributed by atoms with Crippen molar-refractivity contribution >= 4 is 17.2 Å². The van der Waals surface area contributed by atoms with E-state index in [0.29, 0.717) is 12.1 Å². The molecule has 0 bridgehead atoms. The fourth-order valence-electron chi connectivity index (χ4n) is 4.05. The zero-order chi connectivity index (χ0) is 18.1. The Hall–Kier alpha value is -2.73. The molecule has 0 aliphatic carbocycles. The molecule has 1 atom stereocenters. The van der Waals surface area contributed by atoms with Crippen LogP contribution in [0, 0.1) is 10.1 Å². The molecule has 1 unspecified atom stereocenters. The predicted molar refractivity (Wildman–Crippen MR) is 99.4 cm³/mol. The summed E-state index contributed by atoms with van der Waals surface area (Å²) in [5.74, 6) is 1.10. The Morgan fingerprint density at radius 2 is 1.88 bits per heavy atom. The van der Waals surface area contributed by atoms with Gasteiger partial charge in [-0.2, -0.15) is 4.90 Å². The van der Waals surface area contributed by atoms with Gasteiger partial charge in [-0.15, -0.1) is 0 Å². The Morgan fingerprint density at radius 3 is 2.65 bits per heavy atom. The van der Waals surface area contributed by atoms with E-state index in [9.17, 15) is 15.2 Å². The van der Waals surface area contributed by atoms with Crippen molar-refractivity contribution in [1.29, 1.82) is 0 Å². The number of hydrogen-bond acceptors (Lipinski definition) is 4. The van der Waals surface area contributed by atoms with Crippen molar-refractivity contribution in [3.05, 3.63) is 70.3 Å². The molecule has 2 heterocycles. The van der Waals surface area contributed by atoms with E-state index in [4.69, 9.17) is 0 Å². The van der Waals surface area contributed by atoms with Crippen LogP contribution in [0.5, 0.6) is 0 Å². The minimum absolute atomic E-state index is 0.00368. The number of non-ortho nitro benzene ring substituents is 1. The van der Waals surface area contributed by atoms with Crippen LogP contribution >= 0.6 is 0 Å². The quantitative estimate of drug-likeness (QED) is 0.523. The lowest BCUT2D eigenvalue weighted by Crippen LogP contribution is -2.47. The summed E-state index contributed by atoms with van der Waals surface area (Å²) < 4.78 is 2.23. The standard InChI is InChI=1S/C20H22N3O3/c24-20(16-8-7-11-18(14-16)23(25)26)15-21-13-6-2-5-12-19(21)22(20)17-9-3-1-4-10-17/h1,3-4,7-11,14,24H,2,5-6,12-13,15H2/q+1. The van der Waals surface area contributed by atoms with Crippen LogP contribution in [0.2, 0.25) is 0 Å². The largest absolute Gasteiger partial charge is 0.346 e. The number of nitro benzene ring substituents is 1. The number of nitrogens with zero attached hydrogens (tertiary/aromatic N) is 3. The first kappa shape index (κ1) is 16.7. The van der Waals surface area contributed by atoms with Crippen LogP contribution in [-0.2, 0) is 5.72 Å². The van der Waals surface area contributed by atoms with E-state index in [1.165, 1.54) is 18.6 Å². The molecule has 2 aromatic rings. The summed E-state index contributed by atoms with van der Waals surface area (Å²) in [6, 6.07) is 16.2. The summed E-state index contributed by atoms with van der Waals surface area (Å²) in [5, 5.41) is 23.0. The number of nitro groups is 1. The average molecular weight is 352 g/mol. The van der Waals surface area contributed by atoms with Crippen LogP contribution in [0.25, 0.3) is 0 Å². The van der Waals surface area contributed by atoms with Gasteiger partial charge >= 0.3 is 0 Å². The molecular formula is C20H22N3O3+. The second kappa shape index (κ2) is 6.53. The van der Waals surface area contributed by atoms with Crippen LogP contribution in [0.3, 0.4) is 0 Å². The predicted octanol–water partition coefficient (Wildman–Crippen LogP) is 3.25. The smallest absolute Gasteiger partial charge is 0.275 e. The molecule has 0 spiro atoms. The molecule has 2 aromatic carbocycles. The van der Waals surface area contributed by atoms with Gasteiger partial charge in [-0.3, -0.25) is 14.7 Å². The number of aliphatic hydroxyl groups is 1. The third kappa shape index (κ3) is 2.76. The number of hydrogen-bond donors (Lipinski definition) is 1. The lowest BCUT2D eigenvalue weighted by Gasteiger charge is -2.29. The molecule has 0 radical (unpaired) electrons. The lowest BCUT2D eigenvalue weighted by molar-refractivity contribution is -0.534. The highest BCUT2D eigenvalue weighted by atomic mass is 16.6. The van der Waals surface area contributed by atoms with Crippen LogP contribution in [0.4, 0.5) is 11.4 Å². The van der Waals surface area contributed by atoms with Crippen molar-refractivity contribution in [2.24, 2.45) is 0 Å². The molecule has 26 heavy (non-hydrogen) atoms. The van der Waals surface area contributed by atoms with Crippen molar-refractivity contribution in [3.8, 4) is 0 Å². The first-order valence-corrected chi connectivity index (χ1v) is 9.03. The normalized spacial score (nSPS) is 22.9. The topological polar surface area (TPSA) is 69.6 Å². The maximum absolute atomic E-state index is 11.7. The molecular weight excluding hydrogens is 330 g/mol. The Kier molecular flexibility index (Phi) is 4.20. The summed E-state index contributed by atoms with van der Waals surface area (Å²) in [5.41, 5.74) is 0.133. The maximum atomic E-state index is 11.7. The molecule has 0 fully saturated rings. The van der Waals surface area contributed by atoms with Gasteiger partial charge in [0.1, 0.15) is 5.69 Å². The van der Waals surface area contributed by atoms with Gasteiger partial charge in [0.05, 0.1) is 11.5 Å². The van der Waals surface area contributed by atoms with Crippen LogP contribution in [0.1, 0.15) is 31.2 Å². The van der Waals surface area contributed by atoms with Gasteiger partial charge < -0.3 is 5.11 Å². The maximum Gasteiger partial charge on any atom is 0.275 e. The minimum atomic E-state index is -1.32. The van der Waals surface area contributed by atoms with E-state index in [1.807, 2.05) is 35.2 Å². The van der Waals surface area contributed by atoms with E-state index >= 15 is 0 Å². The van der Waals surface area contributed by atoms with E-state index in [-0.39, 0.29) is 5.69 Å². The van der Waals surface area contributed by atoms with Crippen LogP contribution in [0.15, 0.2) is 54.6 Å². The molecule has 4 rings (SSSR count). The second-order valence-electron chi connectivity index (χ2n) is 6.94. The molecule has 2 aliphatic rings. The van der Waals surface area contributed by atoms with Gasteiger partial charge in [-0.25, -0.2) is 0 Å². The van der Waals surface area contributed by atoms with Crippen LogP contribution < -0.4 is 4.90 Å². The van der Waals surface area contributed by atoms with Gasteiger partial charge in [0.2, 0.25) is 0 Å². The molecule has 2 aliphatic heterocycles. The van der Waals surface area contributed by atoms with E-state index < -0.39 is 10.6 Å². The van der Waals surface area contributed by atoms with E-state index in [0.717, 1.165) is 37.3 Å². The minimum Gasteiger partial charge on any atom is -0.346 e. The van der Waals surface area contributed by atoms with Gasteiger partial charge in [-0.05, 0) is 31.4 Å². The molecule has 0 saturated heterocycles. The number of rotatable bonds is 3. The summed E-state index contributed by atoms with van der Waals surface area (Å²) in [6.45, 7) is 1.31. The van der Waals surface area contributed by atoms with Crippen molar-refractivity contribution < 1.29 is 14.6 Å². The van der Waals surface area contributed by atoms with Gasteiger partial charge in [0.15, 0.2) is 6.54 Å². The highest BCUT2D eigenvalue weighted by Gasteiger charge is 2.54. The molecule has 1 N–H and O–H groups in total. The summed E-state index contributed by atoms with van der Waals surface area (Å²) in [4.78, 5) is 12.8. The Labute approximate surface area is 152 Å². The van der Waals surface area contributed by atoms with Gasteiger partial charge in [0.25, 0.3) is 17.2 Å². The highest BCUT2D eigenvalue weighted by molar-refractivity contribution is 5.97. The van der Waals surface area contributed by atoms with Crippen LogP contribution in [-0.4, -0.2) is 33.5 Å². The fraction of sp³-hybridized carbons (Fsp3) is 0.350. The number of para-hydroxylation sites is 1. The third-order valence-electron chi connectivity index (χ3n) is 5.27. The van der Waals surface area contributed by atoms with E-state index in [2.05, 4.69) is 4.58 Å². The first-order chi connectivity index (χ1) is 12.6. The van der Waals surface area contributed by atoms with Crippen molar-refractivity contribution in [2.75, 3.05) is 18.0 Å². The lowest BCUT2D eigenvalue weighted by atomic mass is 9.99. The number of amidine groups is 1. The van der Waals surface area contributed by atoms with Crippen molar-refractivity contribution in [2.45, 2.75) is 31.4 Å². The SMILES string of the molecule is O=[N+]([O-])c1cccc(C2(O)C[N+]3=C(CCCCC3)N2c2ccccc2)c1. The summed E-state index contributed by atoms with van der Waals surface area (Å²) >= 11 is 0. The van der Waals surface area contributed by atoms with E-state index in [1.54, 1.807) is 12.1 Å². The molecule has 134 valence electrons. The second-order valence-corrected chi connectivity index (χ2v) is 6.94. The zero-order valence-electron chi connectivity index (χ0n) is 14.5.